The molecule has 31 heavy (non-hydrogen) atoms. The zero-order valence-electron chi connectivity index (χ0n) is 16.6. The minimum Gasteiger partial charge on any atom is -0.497 e. The smallest absolute Gasteiger partial charge is 0.266 e. The van der Waals surface area contributed by atoms with Crippen molar-refractivity contribution >= 4 is 29.3 Å². The van der Waals surface area contributed by atoms with E-state index in [1.165, 1.54) is 19.3 Å². The highest BCUT2D eigenvalue weighted by atomic mass is 35.5. The fraction of sp³-hybridized carbons (Fsp3) is 0.0833. The van der Waals surface area contributed by atoms with Gasteiger partial charge in [-0.3, -0.25) is 4.79 Å². The van der Waals surface area contributed by atoms with E-state index in [4.69, 9.17) is 21.1 Å². The lowest BCUT2D eigenvalue weighted by molar-refractivity contribution is -0.112. The number of hydrogen-bond donors (Lipinski definition) is 1. The minimum atomic E-state index is -0.583. The second-order valence-electron chi connectivity index (χ2n) is 6.41. The number of hydrogen-bond acceptors (Lipinski definition) is 4. The van der Waals surface area contributed by atoms with Gasteiger partial charge in [0.2, 0.25) is 0 Å². The van der Waals surface area contributed by atoms with Crippen LogP contribution in [0.2, 0.25) is 5.02 Å². The molecule has 0 atom stereocenters. The average Bonchev–Trinajstić information content (AvgIpc) is 2.78. The Hall–Kier alpha value is -3.82. The summed E-state index contributed by atoms with van der Waals surface area (Å²) in [7, 11) is 1.51. The van der Waals surface area contributed by atoms with Crippen LogP contribution in [0.4, 0.5) is 10.1 Å². The molecule has 0 saturated heterocycles. The van der Waals surface area contributed by atoms with E-state index < -0.39 is 5.91 Å². The Morgan fingerprint density at radius 3 is 2.58 bits per heavy atom. The molecule has 3 aromatic carbocycles. The molecule has 0 fully saturated rings. The molecular weight excluding hydrogens is 419 g/mol. The van der Waals surface area contributed by atoms with Gasteiger partial charge in [-0.25, -0.2) is 4.39 Å². The molecule has 0 radical (unpaired) electrons. The van der Waals surface area contributed by atoms with E-state index in [1.54, 1.807) is 60.7 Å². The Kier molecular flexibility index (Phi) is 7.26. The van der Waals surface area contributed by atoms with E-state index in [0.717, 1.165) is 0 Å². The van der Waals surface area contributed by atoms with Gasteiger partial charge in [0.1, 0.15) is 35.6 Å². The van der Waals surface area contributed by atoms with Crippen LogP contribution in [0.15, 0.2) is 72.3 Å². The van der Waals surface area contributed by atoms with Gasteiger partial charge in [0.05, 0.1) is 7.11 Å². The van der Waals surface area contributed by atoms with Crippen molar-refractivity contribution in [1.82, 2.24) is 0 Å². The predicted octanol–water partition coefficient (Wildman–Crippen LogP) is 5.61. The maximum absolute atomic E-state index is 13.9. The van der Waals surface area contributed by atoms with Gasteiger partial charge in [0, 0.05) is 27.9 Å². The van der Waals surface area contributed by atoms with Crippen LogP contribution < -0.4 is 14.8 Å². The summed E-state index contributed by atoms with van der Waals surface area (Å²) in [6.07, 6.45) is 1.40. The van der Waals surface area contributed by atoms with Crippen LogP contribution in [0.3, 0.4) is 0 Å². The summed E-state index contributed by atoms with van der Waals surface area (Å²) in [6, 6.07) is 19.6. The lowest BCUT2D eigenvalue weighted by Crippen LogP contribution is -2.13. The van der Waals surface area contributed by atoms with E-state index in [2.05, 4.69) is 5.32 Å². The van der Waals surface area contributed by atoms with Gasteiger partial charge in [-0.15, -0.1) is 0 Å². The third-order valence-corrected chi connectivity index (χ3v) is 4.58. The van der Waals surface area contributed by atoms with Gasteiger partial charge in [0.25, 0.3) is 5.91 Å². The number of nitrogens with one attached hydrogen (secondary N) is 1. The lowest BCUT2D eigenvalue weighted by atomic mass is 10.1. The third-order valence-electron chi connectivity index (χ3n) is 4.33. The van der Waals surface area contributed by atoms with Crippen LogP contribution in [-0.4, -0.2) is 13.0 Å². The van der Waals surface area contributed by atoms with Gasteiger partial charge < -0.3 is 14.8 Å². The highest BCUT2D eigenvalue weighted by Crippen LogP contribution is 2.28. The first-order chi connectivity index (χ1) is 15.0. The quantitative estimate of drug-likeness (QED) is 0.386. The van der Waals surface area contributed by atoms with E-state index >= 15 is 0 Å². The third kappa shape index (κ3) is 5.84. The van der Waals surface area contributed by atoms with Crippen molar-refractivity contribution in [2.24, 2.45) is 0 Å². The number of ether oxygens (including phenoxy) is 2. The molecule has 0 spiro atoms. The molecule has 0 saturated carbocycles. The summed E-state index contributed by atoms with van der Waals surface area (Å²) in [6.45, 7) is -0.0282. The number of nitrogens with zero attached hydrogens (tertiary/aromatic N) is 1. The van der Waals surface area contributed by atoms with Crippen molar-refractivity contribution in [3.05, 3.63) is 94.3 Å². The maximum atomic E-state index is 13.9. The van der Waals surface area contributed by atoms with E-state index in [9.17, 15) is 14.4 Å². The Morgan fingerprint density at radius 1 is 1.16 bits per heavy atom. The Labute approximate surface area is 184 Å². The van der Waals surface area contributed by atoms with Crippen molar-refractivity contribution < 1.29 is 18.7 Å². The molecular formula is C24H18ClFN2O3. The van der Waals surface area contributed by atoms with Crippen molar-refractivity contribution in [2.75, 3.05) is 12.4 Å². The molecule has 0 aliphatic rings. The molecule has 0 aliphatic heterocycles. The predicted molar refractivity (Wildman–Crippen MR) is 117 cm³/mol. The fourth-order valence-corrected chi connectivity index (χ4v) is 2.82. The summed E-state index contributed by atoms with van der Waals surface area (Å²) < 4.78 is 24.9. The molecule has 0 bridgehead atoms. The molecule has 5 nitrogen and oxygen atoms in total. The molecule has 1 amide bonds. The molecule has 156 valence electrons. The second kappa shape index (κ2) is 10.3. The van der Waals surface area contributed by atoms with Crippen LogP contribution >= 0.6 is 11.6 Å². The van der Waals surface area contributed by atoms with Crippen LogP contribution in [0.1, 0.15) is 11.1 Å². The number of methoxy groups -OCH3 is 1. The number of nitriles is 1. The van der Waals surface area contributed by atoms with Crippen molar-refractivity contribution in [3.8, 4) is 17.6 Å². The molecule has 7 heteroatoms. The SMILES string of the molecule is COc1ccc(/C=C(\C#N)C(=O)Nc2ccc(Cl)cc2)c(OCc2ccccc2F)c1. The Bertz CT molecular complexity index is 1150. The summed E-state index contributed by atoms with van der Waals surface area (Å²) in [5.74, 6) is -0.109. The summed E-state index contributed by atoms with van der Waals surface area (Å²) in [4.78, 5) is 12.5. The second-order valence-corrected chi connectivity index (χ2v) is 6.85. The number of carbonyl (C=O) groups excluding carboxylic acids is 1. The Morgan fingerprint density at radius 2 is 1.90 bits per heavy atom. The first-order valence-corrected chi connectivity index (χ1v) is 9.61. The van der Waals surface area contributed by atoms with Crippen LogP contribution in [0.25, 0.3) is 6.08 Å². The zero-order valence-corrected chi connectivity index (χ0v) is 17.3. The highest BCUT2D eigenvalue weighted by Gasteiger charge is 2.13. The first kappa shape index (κ1) is 21.9. The molecule has 3 rings (SSSR count). The van der Waals surface area contributed by atoms with Crippen molar-refractivity contribution in [1.29, 1.82) is 5.26 Å². The largest absolute Gasteiger partial charge is 0.497 e. The van der Waals surface area contributed by atoms with Crippen LogP contribution in [0.5, 0.6) is 11.5 Å². The van der Waals surface area contributed by atoms with Gasteiger partial charge in [0.15, 0.2) is 0 Å². The van der Waals surface area contributed by atoms with Gasteiger partial charge in [-0.1, -0.05) is 29.8 Å². The van der Waals surface area contributed by atoms with E-state index in [1.807, 2.05) is 6.07 Å². The number of amides is 1. The average molecular weight is 437 g/mol. The Balaban J connectivity index is 1.86. The van der Waals surface area contributed by atoms with Crippen LogP contribution in [-0.2, 0) is 11.4 Å². The minimum absolute atomic E-state index is 0.0282. The first-order valence-electron chi connectivity index (χ1n) is 9.23. The summed E-state index contributed by atoms with van der Waals surface area (Å²) >= 11 is 5.85. The standard InChI is InChI=1S/C24H18ClFN2O3/c1-30-21-11-6-16(23(13-21)31-15-17-4-2-3-5-22(17)26)12-18(14-27)24(29)28-20-9-7-19(25)8-10-20/h2-13H,15H2,1H3,(H,28,29)/b18-12+. The molecule has 0 unspecified atom stereocenters. The number of rotatable bonds is 7. The zero-order chi connectivity index (χ0) is 22.2. The van der Waals surface area contributed by atoms with E-state index in [0.29, 0.717) is 33.3 Å². The maximum Gasteiger partial charge on any atom is 0.266 e. The summed E-state index contributed by atoms with van der Waals surface area (Å²) in [5, 5.41) is 12.7. The van der Waals surface area contributed by atoms with Crippen LogP contribution in [0, 0.1) is 17.1 Å². The van der Waals surface area contributed by atoms with Crippen molar-refractivity contribution in [3.63, 3.8) is 0 Å². The topological polar surface area (TPSA) is 71.3 Å². The number of anilines is 1. The number of halogens is 2. The molecule has 3 aromatic rings. The highest BCUT2D eigenvalue weighted by molar-refractivity contribution is 6.30. The molecule has 0 aliphatic carbocycles. The monoisotopic (exact) mass is 436 g/mol. The molecule has 0 heterocycles. The normalized spacial score (nSPS) is 10.8. The van der Waals surface area contributed by atoms with Gasteiger partial charge in [-0.05, 0) is 48.5 Å². The molecule has 0 aromatic heterocycles. The van der Waals surface area contributed by atoms with Gasteiger partial charge in [-0.2, -0.15) is 5.26 Å². The van der Waals surface area contributed by atoms with E-state index in [-0.39, 0.29) is 18.0 Å². The van der Waals surface area contributed by atoms with Crippen molar-refractivity contribution in [2.45, 2.75) is 6.61 Å². The molecule has 1 N–H and O–H groups in total. The number of carbonyl (C=O) groups is 1. The lowest BCUT2D eigenvalue weighted by Gasteiger charge is -2.12. The van der Waals surface area contributed by atoms with Gasteiger partial charge >= 0.3 is 0 Å². The summed E-state index contributed by atoms with van der Waals surface area (Å²) in [5.41, 5.74) is 1.22. The number of benzene rings is 3. The fourth-order valence-electron chi connectivity index (χ4n) is 2.69.